The lowest BCUT2D eigenvalue weighted by atomic mass is 10.0. The Balaban J connectivity index is 1.82. The average Bonchev–Trinajstić information content (AvgIpc) is 3.24. The lowest BCUT2D eigenvalue weighted by Crippen LogP contribution is -2.31. The molecule has 118 valence electrons. The summed E-state index contributed by atoms with van der Waals surface area (Å²) in [6, 6.07) is 12.9. The number of nitrogens with one attached hydrogen (secondary N) is 1. The molecule has 0 saturated carbocycles. The number of thiophene rings is 1. The molecule has 0 aliphatic rings. The molecule has 0 saturated heterocycles. The molecule has 0 radical (unpaired) electrons. The van der Waals surface area contributed by atoms with E-state index in [1.807, 2.05) is 55.6 Å². The molecule has 0 bridgehead atoms. The van der Waals surface area contributed by atoms with E-state index in [0.29, 0.717) is 16.6 Å². The zero-order valence-electron chi connectivity index (χ0n) is 12.9. The monoisotopic (exact) mass is 327 g/mol. The Morgan fingerprint density at radius 2 is 1.96 bits per heavy atom. The predicted octanol–water partition coefficient (Wildman–Crippen LogP) is 3.93. The lowest BCUT2D eigenvalue weighted by molar-refractivity contribution is 0.0918. The van der Waals surface area contributed by atoms with E-state index >= 15 is 0 Å². The minimum atomic E-state index is -0.324. The maximum absolute atomic E-state index is 12.3. The highest BCUT2D eigenvalue weighted by Gasteiger charge is 2.25. The molecule has 1 amide bonds. The van der Waals surface area contributed by atoms with Crippen LogP contribution in [-0.4, -0.2) is 16.0 Å². The topological polar surface area (TPSA) is 68.0 Å². The fourth-order valence-electron chi connectivity index (χ4n) is 2.20. The van der Waals surface area contributed by atoms with Gasteiger partial charge in [-0.15, -0.1) is 11.3 Å². The molecule has 2 heterocycles. The van der Waals surface area contributed by atoms with Crippen molar-refractivity contribution in [1.29, 1.82) is 0 Å². The van der Waals surface area contributed by atoms with Crippen molar-refractivity contribution in [2.75, 3.05) is 0 Å². The van der Waals surface area contributed by atoms with Crippen LogP contribution in [0.4, 0.5) is 0 Å². The average molecular weight is 327 g/mol. The first-order chi connectivity index (χ1) is 11.1. The molecule has 0 aliphatic carbocycles. The first-order valence-corrected chi connectivity index (χ1v) is 8.26. The number of hydrogen-bond acceptors (Lipinski definition) is 5. The molecule has 6 heteroatoms. The molecule has 1 N–H and O–H groups in total. The summed E-state index contributed by atoms with van der Waals surface area (Å²) in [5.41, 5.74) is 0.884. The summed E-state index contributed by atoms with van der Waals surface area (Å²) in [6.07, 6.45) is 0. The molecular weight excluding hydrogens is 310 g/mol. The number of benzene rings is 1. The molecule has 0 aliphatic heterocycles. The van der Waals surface area contributed by atoms with Gasteiger partial charge < -0.3 is 9.84 Å². The molecule has 0 spiro atoms. The fourth-order valence-corrected chi connectivity index (χ4v) is 2.83. The number of amides is 1. The Morgan fingerprint density at radius 1 is 1.17 bits per heavy atom. The second kappa shape index (κ2) is 6.75. The van der Waals surface area contributed by atoms with Crippen molar-refractivity contribution in [3.8, 4) is 11.4 Å². The van der Waals surface area contributed by atoms with Gasteiger partial charge >= 0.3 is 0 Å². The third-order valence-corrected chi connectivity index (χ3v) is 4.31. The minimum Gasteiger partial charge on any atom is -0.339 e. The maximum Gasteiger partial charge on any atom is 0.262 e. The van der Waals surface area contributed by atoms with Gasteiger partial charge in [-0.3, -0.25) is 4.79 Å². The van der Waals surface area contributed by atoms with Gasteiger partial charge in [-0.25, -0.2) is 0 Å². The van der Waals surface area contributed by atoms with Crippen LogP contribution in [0.3, 0.4) is 0 Å². The number of rotatable bonds is 5. The van der Waals surface area contributed by atoms with Gasteiger partial charge in [0.15, 0.2) is 0 Å². The normalized spacial score (nSPS) is 12.3. The molecule has 2 aromatic heterocycles. The number of carbonyl (C=O) groups is 1. The Hall–Kier alpha value is -2.47. The zero-order chi connectivity index (χ0) is 16.2. The molecule has 23 heavy (non-hydrogen) atoms. The first kappa shape index (κ1) is 15.4. The zero-order valence-corrected chi connectivity index (χ0v) is 13.7. The van der Waals surface area contributed by atoms with Crippen molar-refractivity contribution in [1.82, 2.24) is 15.5 Å². The summed E-state index contributed by atoms with van der Waals surface area (Å²) >= 11 is 1.40. The van der Waals surface area contributed by atoms with E-state index in [2.05, 4.69) is 15.5 Å². The van der Waals surface area contributed by atoms with Crippen molar-refractivity contribution in [3.63, 3.8) is 0 Å². The summed E-state index contributed by atoms with van der Waals surface area (Å²) in [4.78, 5) is 17.4. The summed E-state index contributed by atoms with van der Waals surface area (Å²) in [7, 11) is 0. The number of aromatic nitrogens is 2. The van der Waals surface area contributed by atoms with Gasteiger partial charge in [0.05, 0.1) is 4.88 Å². The largest absolute Gasteiger partial charge is 0.339 e. The Morgan fingerprint density at radius 3 is 2.61 bits per heavy atom. The van der Waals surface area contributed by atoms with Gasteiger partial charge in [0.1, 0.15) is 6.04 Å². The highest BCUT2D eigenvalue weighted by Crippen LogP contribution is 2.24. The van der Waals surface area contributed by atoms with E-state index in [4.69, 9.17) is 4.52 Å². The van der Waals surface area contributed by atoms with Crippen LogP contribution in [0.1, 0.15) is 35.5 Å². The predicted molar refractivity (Wildman–Crippen MR) is 89.1 cm³/mol. The Labute approximate surface area is 138 Å². The van der Waals surface area contributed by atoms with Crippen molar-refractivity contribution >= 4 is 17.2 Å². The fraction of sp³-hybridized carbons (Fsp3) is 0.235. The molecular formula is C17H17N3O2S. The van der Waals surface area contributed by atoms with Gasteiger partial charge in [-0.1, -0.05) is 55.4 Å². The molecule has 1 atom stereocenters. The van der Waals surface area contributed by atoms with Crippen LogP contribution in [0.25, 0.3) is 11.4 Å². The van der Waals surface area contributed by atoms with E-state index in [9.17, 15) is 4.79 Å². The van der Waals surface area contributed by atoms with E-state index in [0.717, 1.165) is 5.56 Å². The quantitative estimate of drug-likeness (QED) is 0.771. The third kappa shape index (κ3) is 3.48. The van der Waals surface area contributed by atoms with Crippen molar-refractivity contribution in [3.05, 3.63) is 58.6 Å². The highest BCUT2D eigenvalue weighted by molar-refractivity contribution is 7.12. The second-order valence-electron chi connectivity index (χ2n) is 5.49. The summed E-state index contributed by atoms with van der Waals surface area (Å²) < 4.78 is 5.39. The van der Waals surface area contributed by atoms with Crippen molar-refractivity contribution < 1.29 is 9.32 Å². The molecule has 3 aromatic rings. The Bertz CT molecular complexity index is 766. The van der Waals surface area contributed by atoms with Crippen LogP contribution in [0, 0.1) is 5.92 Å². The molecule has 5 nitrogen and oxygen atoms in total. The SMILES string of the molecule is CC(C)[C@H](NC(=O)c1cccs1)c1nc(-c2ccccc2)no1. The van der Waals surface area contributed by atoms with Crippen LogP contribution < -0.4 is 5.32 Å². The van der Waals surface area contributed by atoms with Crippen molar-refractivity contribution in [2.24, 2.45) is 5.92 Å². The molecule has 0 unspecified atom stereocenters. The van der Waals surface area contributed by atoms with E-state index in [1.165, 1.54) is 11.3 Å². The van der Waals surface area contributed by atoms with Crippen LogP contribution >= 0.6 is 11.3 Å². The van der Waals surface area contributed by atoms with Crippen LogP contribution in [-0.2, 0) is 0 Å². The van der Waals surface area contributed by atoms with Crippen LogP contribution in [0.2, 0.25) is 0 Å². The smallest absolute Gasteiger partial charge is 0.262 e. The van der Waals surface area contributed by atoms with Crippen LogP contribution in [0.15, 0.2) is 52.4 Å². The lowest BCUT2D eigenvalue weighted by Gasteiger charge is -2.17. The summed E-state index contributed by atoms with van der Waals surface area (Å²) in [5, 5.41) is 8.87. The van der Waals surface area contributed by atoms with Crippen LogP contribution in [0.5, 0.6) is 0 Å². The van der Waals surface area contributed by atoms with Gasteiger partial charge in [-0.2, -0.15) is 4.98 Å². The van der Waals surface area contributed by atoms with Gasteiger partial charge in [0.25, 0.3) is 5.91 Å². The van der Waals surface area contributed by atoms with E-state index < -0.39 is 0 Å². The van der Waals surface area contributed by atoms with Gasteiger partial charge in [0.2, 0.25) is 11.7 Å². The van der Waals surface area contributed by atoms with Gasteiger partial charge in [-0.05, 0) is 17.4 Å². The number of nitrogens with zero attached hydrogens (tertiary/aromatic N) is 2. The third-order valence-electron chi connectivity index (χ3n) is 3.44. The van der Waals surface area contributed by atoms with E-state index in [1.54, 1.807) is 6.07 Å². The van der Waals surface area contributed by atoms with E-state index in [-0.39, 0.29) is 17.9 Å². The first-order valence-electron chi connectivity index (χ1n) is 7.38. The number of hydrogen-bond donors (Lipinski definition) is 1. The summed E-state index contributed by atoms with van der Waals surface area (Å²) in [5.74, 6) is 0.946. The second-order valence-corrected chi connectivity index (χ2v) is 6.44. The molecule has 0 fully saturated rings. The molecule has 1 aromatic carbocycles. The molecule has 3 rings (SSSR count). The van der Waals surface area contributed by atoms with Crippen molar-refractivity contribution in [2.45, 2.75) is 19.9 Å². The maximum atomic E-state index is 12.3. The summed E-state index contributed by atoms with van der Waals surface area (Å²) in [6.45, 7) is 4.01. The highest BCUT2D eigenvalue weighted by atomic mass is 32.1. The standard InChI is InChI=1S/C17H17N3O2S/c1-11(2)14(18-16(21)13-9-6-10-23-13)17-19-15(20-22-17)12-7-4-3-5-8-12/h3-11,14H,1-2H3,(H,18,21)/t14-/m0/s1. The van der Waals surface area contributed by atoms with Gasteiger partial charge in [0, 0.05) is 5.56 Å². The minimum absolute atomic E-state index is 0.127. The Kier molecular flexibility index (Phi) is 4.52. The number of carbonyl (C=O) groups excluding carboxylic acids is 1.